The van der Waals surface area contributed by atoms with Gasteiger partial charge in [-0.3, -0.25) is 30.6 Å². The second kappa shape index (κ2) is 17.3. The fourth-order valence-corrected chi connectivity index (χ4v) is 6.37. The molecule has 11 heteroatoms. The first-order valence-corrected chi connectivity index (χ1v) is 18.2. The monoisotopic (exact) mass is 696 g/mol. The summed E-state index contributed by atoms with van der Waals surface area (Å²) in [6.07, 6.45) is 5.12. The second-order valence-corrected chi connectivity index (χ2v) is 15.0. The van der Waals surface area contributed by atoms with Crippen molar-refractivity contribution in [2.24, 2.45) is 16.3 Å². The maximum Gasteiger partial charge on any atom is 0.137 e. The van der Waals surface area contributed by atoms with E-state index in [9.17, 15) is 5.11 Å². The lowest BCUT2D eigenvalue weighted by Crippen LogP contribution is -2.38. The van der Waals surface area contributed by atoms with E-state index in [1.54, 1.807) is 16.8 Å². The number of anilines is 1. The Balaban J connectivity index is 1.24. The highest BCUT2D eigenvalue weighted by Gasteiger charge is 2.28. The van der Waals surface area contributed by atoms with Crippen LogP contribution in [0.25, 0.3) is 0 Å². The summed E-state index contributed by atoms with van der Waals surface area (Å²) in [4.78, 5) is 7.28. The minimum absolute atomic E-state index is 0.00904. The predicted octanol–water partition coefficient (Wildman–Crippen LogP) is 6.75. The molecular weight excluding hydrogens is 640 g/mol. The molecule has 2 aromatic carbocycles. The first-order valence-electron chi connectivity index (χ1n) is 18.2. The molecule has 2 aliphatic rings. The van der Waals surface area contributed by atoms with E-state index in [-0.39, 0.29) is 35.1 Å². The van der Waals surface area contributed by atoms with E-state index in [1.807, 2.05) is 50.2 Å². The molecule has 51 heavy (non-hydrogen) atoms. The van der Waals surface area contributed by atoms with E-state index in [1.165, 1.54) is 5.56 Å². The van der Waals surface area contributed by atoms with Crippen molar-refractivity contribution >= 4 is 23.1 Å². The number of nitrogens with one attached hydrogen (secondary N) is 5. The summed E-state index contributed by atoms with van der Waals surface area (Å²) in [5, 5.41) is 42.4. The van der Waals surface area contributed by atoms with E-state index in [2.05, 4.69) is 54.5 Å². The molecule has 2 heterocycles. The van der Waals surface area contributed by atoms with Crippen molar-refractivity contribution in [2.45, 2.75) is 85.0 Å². The van der Waals surface area contributed by atoms with Gasteiger partial charge in [-0.2, -0.15) is 0 Å². The summed E-state index contributed by atoms with van der Waals surface area (Å²) >= 11 is 0. The van der Waals surface area contributed by atoms with Crippen LogP contribution in [0.2, 0.25) is 0 Å². The van der Waals surface area contributed by atoms with E-state index in [4.69, 9.17) is 30.7 Å². The normalized spacial score (nSPS) is 18.7. The zero-order chi connectivity index (χ0) is 36.5. The molecule has 0 radical (unpaired) electrons. The van der Waals surface area contributed by atoms with Gasteiger partial charge in [0.25, 0.3) is 0 Å². The maximum absolute atomic E-state index is 9.78. The van der Waals surface area contributed by atoms with Gasteiger partial charge in [0.2, 0.25) is 0 Å². The number of hydrogen-bond donors (Lipinski definition) is 6. The number of rotatable bonds is 13. The molecule has 0 saturated carbocycles. The lowest BCUT2D eigenvalue weighted by Gasteiger charge is -2.32. The number of pyridine rings is 1. The molecule has 1 fully saturated rings. The molecule has 1 aliphatic heterocycles. The first-order chi connectivity index (χ1) is 24.4. The topological polar surface area (TPSA) is 155 Å². The van der Waals surface area contributed by atoms with Crippen molar-refractivity contribution in [1.82, 2.24) is 14.8 Å². The molecule has 2 atom stereocenters. The van der Waals surface area contributed by atoms with Crippen LogP contribution in [-0.2, 0) is 0 Å². The third kappa shape index (κ3) is 10.6. The number of ether oxygens (including phenoxy) is 2. The largest absolute Gasteiger partial charge is 0.492 e. The fourth-order valence-electron chi connectivity index (χ4n) is 6.37. The van der Waals surface area contributed by atoms with Crippen molar-refractivity contribution in [3.63, 3.8) is 0 Å². The lowest BCUT2D eigenvalue weighted by molar-refractivity contribution is 0.0755. The number of amidine groups is 1. The molecule has 0 spiro atoms. The van der Waals surface area contributed by atoms with Gasteiger partial charge in [0, 0.05) is 55.5 Å². The van der Waals surface area contributed by atoms with E-state index in [0.717, 1.165) is 68.2 Å². The Morgan fingerprint density at radius 1 is 0.961 bits per heavy atom. The second-order valence-electron chi connectivity index (χ2n) is 15.0. The third-order valence-corrected chi connectivity index (χ3v) is 9.66. The number of fused-ring (bicyclic) bond motifs is 1. The average molecular weight is 697 g/mol. The van der Waals surface area contributed by atoms with E-state index < -0.39 is 0 Å². The Hall–Kier alpha value is -4.32. The number of nitrogens with zero attached hydrogens (tertiary/aromatic N) is 3. The van der Waals surface area contributed by atoms with Crippen LogP contribution in [0.4, 0.5) is 5.69 Å². The summed E-state index contributed by atoms with van der Waals surface area (Å²) in [7, 11) is 0. The smallest absolute Gasteiger partial charge is 0.137 e. The third-order valence-electron chi connectivity index (χ3n) is 9.66. The van der Waals surface area contributed by atoms with Crippen LogP contribution in [-0.4, -0.2) is 71.0 Å². The Labute approximate surface area is 302 Å². The van der Waals surface area contributed by atoms with E-state index in [0.29, 0.717) is 37.0 Å². The zero-order valence-corrected chi connectivity index (χ0v) is 30.8. The number of likely N-dealkylation sites (tertiary alicyclic amines) is 1. The van der Waals surface area contributed by atoms with Crippen LogP contribution in [0.3, 0.4) is 0 Å². The number of aromatic nitrogens is 1. The molecule has 3 aromatic rings. The van der Waals surface area contributed by atoms with Gasteiger partial charge in [-0.25, -0.2) is 0 Å². The minimum Gasteiger partial charge on any atom is -0.492 e. The Bertz CT molecular complexity index is 1740. The Morgan fingerprint density at radius 2 is 1.71 bits per heavy atom. The molecule has 0 bridgehead atoms. The van der Waals surface area contributed by atoms with Crippen molar-refractivity contribution in [3.05, 3.63) is 83.5 Å². The van der Waals surface area contributed by atoms with Crippen molar-refractivity contribution in [3.8, 4) is 11.5 Å². The molecule has 1 saturated heterocycles. The summed E-state index contributed by atoms with van der Waals surface area (Å²) in [6.45, 7) is 13.6. The molecular formula is C40H56N8O3. The number of aliphatic imine (C=N–C) groups is 1. The molecule has 0 amide bonds. The summed E-state index contributed by atoms with van der Waals surface area (Å²) in [5.74, 6) is 2.49. The highest BCUT2D eigenvalue weighted by Crippen LogP contribution is 2.38. The van der Waals surface area contributed by atoms with Gasteiger partial charge in [-0.1, -0.05) is 65.0 Å². The van der Waals surface area contributed by atoms with Gasteiger partial charge in [0.15, 0.2) is 0 Å². The Kier molecular flexibility index (Phi) is 12.8. The number of aliphatic hydroxyl groups excluding tert-OH is 1. The number of piperidine rings is 1. The van der Waals surface area contributed by atoms with Crippen molar-refractivity contribution < 1.29 is 14.6 Å². The van der Waals surface area contributed by atoms with Gasteiger partial charge in [-0.05, 0) is 66.5 Å². The van der Waals surface area contributed by atoms with Crippen LogP contribution < -0.4 is 25.6 Å². The quantitative estimate of drug-likeness (QED) is 0.0858. The Morgan fingerprint density at radius 3 is 2.43 bits per heavy atom. The lowest BCUT2D eigenvalue weighted by atomic mass is 9.85. The number of benzene rings is 2. The average Bonchev–Trinajstić information content (AvgIpc) is 3.10. The van der Waals surface area contributed by atoms with Crippen LogP contribution >= 0.6 is 0 Å². The van der Waals surface area contributed by atoms with Crippen molar-refractivity contribution in [1.29, 1.82) is 16.2 Å². The van der Waals surface area contributed by atoms with Gasteiger partial charge in [-0.15, -0.1) is 0 Å². The number of aliphatic hydroxyl groups is 1. The molecule has 274 valence electrons. The molecule has 5 rings (SSSR count). The van der Waals surface area contributed by atoms with Crippen molar-refractivity contribution in [2.75, 3.05) is 38.2 Å². The predicted molar refractivity (Wildman–Crippen MR) is 205 cm³/mol. The summed E-state index contributed by atoms with van der Waals surface area (Å²) < 4.78 is 14.2. The standard InChI is InChI=1S/C40H56N8O3/c1-27(2)39(43)48-25-31(13-16-37(48)42)51-35-15-14-34(32-11-6-7-12-33(32)35)44-26-45-38(24-36(41)40(3,4)5)46-28-9-8-10-30(23-28)50-22-21-47-19-17-29(49)18-20-47/h6-13,16,23,25,27,29,34-35,41-44,49H,14-15,17-22,24,26H2,1-5H3,(H,45,46). The molecule has 2 unspecified atom stereocenters. The summed E-state index contributed by atoms with van der Waals surface area (Å²) in [6, 6.07) is 19.8. The highest BCUT2D eigenvalue weighted by atomic mass is 16.5. The van der Waals surface area contributed by atoms with Crippen LogP contribution in [0, 0.1) is 27.6 Å². The van der Waals surface area contributed by atoms with Gasteiger partial charge >= 0.3 is 0 Å². The van der Waals surface area contributed by atoms with Gasteiger partial charge < -0.3 is 25.3 Å². The zero-order valence-electron chi connectivity index (χ0n) is 30.8. The van der Waals surface area contributed by atoms with Gasteiger partial charge in [0.1, 0.15) is 41.4 Å². The first kappa shape index (κ1) is 37.9. The molecule has 1 aromatic heterocycles. The molecule has 11 nitrogen and oxygen atoms in total. The van der Waals surface area contributed by atoms with Crippen LogP contribution in [0.15, 0.2) is 71.9 Å². The SMILES string of the molecule is CC(C)C(=N)n1cc(OC2CCC(NCN=C(CC(=N)C(C)(C)C)Nc3cccc(OCCN4CCC(O)CC4)c3)c3ccccc32)ccc1=N. The highest BCUT2D eigenvalue weighted by molar-refractivity contribution is 6.09. The fraction of sp³-hybridized carbons (Fsp3) is 0.500. The van der Waals surface area contributed by atoms with Gasteiger partial charge in [0.05, 0.1) is 19.0 Å². The van der Waals surface area contributed by atoms with Crippen LogP contribution in [0.5, 0.6) is 11.5 Å². The maximum atomic E-state index is 9.78. The van der Waals surface area contributed by atoms with Crippen LogP contribution in [0.1, 0.15) is 90.0 Å². The van der Waals surface area contributed by atoms with E-state index >= 15 is 0 Å². The minimum atomic E-state index is -0.280. The number of hydrogen-bond acceptors (Lipinski definition) is 9. The molecule has 6 N–H and O–H groups in total. The summed E-state index contributed by atoms with van der Waals surface area (Å²) in [5.41, 5.74) is 3.73. The molecule has 1 aliphatic carbocycles.